The molecule has 0 radical (unpaired) electrons. The number of hydrogen-bond donors (Lipinski definition) is 1. The zero-order valence-corrected chi connectivity index (χ0v) is 15.5. The number of hydrogen-bond acceptors (Lipinski definition) is 4. The van der Waals surface area contributed by atoms with Gasteiger partial charge in [0.25, 0.3) is 5.91 Å². The zero-order valence-electron chi connectivity index (χ0n) is 15.5. The minimum Gasteiger partial charge on any atom is -0.462 e. The number of carbonyl (C=O) groups excluding carboxylic acids is 2. The number of esters is 1. The van der Waals surface area contributed by atoms with Crippen LogP contribution in [-0.2, 0) is 4.74 Å². The Morgan fingerprint density at radius 3 is 2.36 bits per heavy atom. The third kappa shape index (κ3) is 3.22. The molecule has 0 spiro atoms. The summed E-state index contributed by atoms with van der Waals surface area (Å²) < 4.78 is 5.04. The highest BCUT2D eigenvalue weighted by Crippen LogP contribution is 2.36. The van der Waals surface area contributed by atoms with Crippen molar-refractivity contribution in [2.45, 2.75) is 13.1 Å². The molecular weight excluding hydrogens is 352 g/mol. The second-order valence-electron chi connectivity index (χ2n) is 6.45. The highest BCUT2D eigenvalue weighted by molar-refractivity contribution is 6.12. The lowest BCUT2D eigenvalue weighted by Crippen LogP contribution is -2.43. The summed E-state index contributed by atoms with van der Waals surface area (Å²) in [6, 6.07) is 24.2. The zero-order chi connectivity index (χ0) is 19.5. The van der Waals surface area contributed by atoms with E-state index in [9.17, 15) is 9.59 Å². The summed E-state index contributed by atoms with van der Waals surface area (Å²) in [4.78, 5) is 27.0. The average Bonchev–Trinajstić information content (AvgIpc) is 2.75. The molecule has 4 rings (SSSR count). The third-order valence-electron chi connectivity index (χ3n) is 4.70. The van der Waals surface area contributed by atoms with Gasteiger partial charge in [0.15, 0.2) is 0 Å². The van der Waals surface area contributed by atoms with Crippen LogP contribution in [0.15, 0.2) is 78.9 Å². The molecule has 0 unspecified atom stereocenters. The topological polar surface area (TPSA) is 58.6 Å². The van der Waals surface area contributed by atoms with E-state index in [2.05, 4.69) is 5.32 Å². The molecule has 3 aromatic rings. The van der Waals surface area contributed by atoms with Crippen molar-refractivity contribution in [3.63, 3.8) is 0 Å². The fraction of sp³-hybridized carbons (Fsp3) is 0.130. The number of para-hydroxylation sites is 1. The summed E-state index contributed by atoms with van der Waals surface area (Å²) in [5.74, 6) is -0.464. The van der Waals surface area contributed by atoms with Gasteiger partial charge in [-0.15, -0.1) is 0 Å². The average molecular weight is 372 g/mol. The molecule has 3 aromatic carbocycles. The lowest BCUT2D eigenvalue weighted by atomic mass is 10.0. The van der Waals surface area contributed by atoms with E-state index in [4.69, 9.17) is 4.74 Å². The molecule has 0 fully saturated rings. The molecule has 0 aliphatic carbocycles. The lowest BCUT2D eigenvalue weighted by molar-refractivity contribution is 0.0526. The van der Waals surface area contributed by atoms with E-state index in [1.807, 2.05) is 54.6 Å². The Hall–Kier alpha value is -3.60. The maximum absolute atomic E-state index is 13.3. The van der Waals surface area contributed by atoms with Crippen molar-refractivity contribution in [2.24, 2.45) is 0 Å². The van der Waals surface area contributed by atoms with Crippen LogP contribution in [0.5, 0.6) is 0 Å². The second kappa shape index (κ2) is 7.56. The van der Waals surface area contributed by atoms with E-state index in [-0.39, 0.29) is 18.0 Å². The Labute approximate surface area is 163 Å². The molecule has 1 aliphatic rings. The first-order valence-corrected chi connectivity index (χ1v) is 9.20. The highest BCUT2D eigenvalue weighted by Gasteiger charge is 2.33. The van der Waals surface area contributed by atoms with Crippen molar-refractivity contribution >= 4 is 23.3 Å². The summed E-state index contributed by atoms with van der Waals surface area (Å²) >= 11 is 0. The molecule has 0 saturated carbocycles. The van der Waals surface area contributed by atoms with Crippen LogP contribution in [0.25, 0.3) is 0 Å². The smallest absolute Gasteiger partial charge is 0.338 e. The number of ether oxygens (including phenoxy) is 1. The number of nitrogens with one attached hydrogen (secondary N) is 1. The van der Waals surface area contributed by atoms with E-state index < -0.39 is 0 Å². The summed E-state index contributed by atoms with van der Waals surface area (Å²) in [6.45, 7) is 2.09. The highest BCUT2D eigenvalue weighted by atomic mass is 16.5. The molecule has 1 N–H and O–H groups in total. The lowest BCUT2D eigenvalue weighted by Gasteiger charge is -2.38. The molecule has 0 bridgehead atoms. The molecule has 1 atom stereocenters. The van der Waals surface area contributed by atoms with Gasteiger partial charge < -0.3 is 10.1 Å². The van der Waals surface area contributed by atoms with Crippen LogP contribution >= 0.6 is 0 Å². The molecule has 0 aromatic heterocycles. The van der Waals surface area contributed by atoms with E-state index in [1.165, 1.54) is 0 Å². The molecule has 5 nitrogen and oxygen atoms in total. The van der Waals surface area contributed by atoms with Crippen LogP contribution in [0.1, 0.15) is 39.4 Å². The first-order valence-electron chi connectivity index (χ1n) is 9.20. The van der Waals surface area contributed by atoms with Crippen molar-refractivity contribution in [3.05, 3.63) is 95.6 Å². The largest absolute Gasteiger partial charge is 0.462 e. The van der Waals surface area contributed by atoms with Gasteiger partial charge >= 0.3 is 5.97 Å². The van der Waals surface area contributed by atoms with Crippen molar-refractivity contribution in [1.82, 2.24) is 0 Å². The van der Waals surface area contributed by atoms with E-state index in [1.54, 1.807) is 36.1 Å². The maximum atomic E-state index is 13.3. The van der Waals surface area contributed by atoms with Gasteiger partial charge in [-0.05, 0) is 48.9 Å². The SMILES string of the molecule is CCOC(=O)c1ccc(N2C(=O)c3ccccc3N[C@@H]2c2ccccc2)cc1. The normalized spacial score (nSPS) is 15.5. The van der Waals surface area contributed by atoms with Gasteiger partial charge in [0.2, 0.25) is 0 Å². The first-order chi connectivity index (χ1) is 13.7. The number of carbonyl (C=O) groups is 2. The third-order valence-corrected chi connectivity index (χ3v) is 4.70. The predicted octanol–water partition coefficient (Wildman–Crippen LogP) is 4.63. The van der Waals surface area contributed by atoms with Crippen LogP contribution < -0.4 is 10.2 Å². The Bertz CT molecular complexity index is 1000. The van der Waals surface area contributed by atoms with Gasteiger partial charge in [-0.3, -0.25) is 9.69 Å². The van der Waals surface area contributed by atoms with Crippen LogP contribution in [0, 0.1) is 0 Å². The molecule has 0 saturated heterocycles. The van der Waals surface area contributed by atoms with Gasteiger partial charge in [0, 0.05) is 11.4 Å². The number of nitrogens with zero attached hydrogens (tertiary/aromatic N) is 1. The second-order valence-corrected chi connectivity index (χ2v) is 6.45. The van der Waals surface area contributed by atoms with Gasteiger partial charge in [0.1, 0.15) is 6.17 Å². The summed E-state index contributed by atoms with van der Waals surface area (Å²) in [7, 11) is 0. The van der Waals surface area contributed by atoms with Crippen LogP contribution in [-0.4, -0.2) is 18.5 Å². The number of rotatable bonds is 4. The molecule has 1 heterocycles. The van der Waals surface area contributed by atoms with Crippen molar-refractivity contribution < 1.29 is 14.3 Å². The Balaban J connectivity index is 1.75. The Morgan fingerprint density at radius 1 is 0.964 bits per heavy atom. The Kier molecular flexibility index (Phi) is 4.81. The minimum atomic E-state index is -0.373. The van der Waals surface area contributed by atoms with E-state index in [0.717, 1.165) is 11.3 Å². The van der Waals surface area contributed by atoms with Crippen molar-refractivity contribution in [3.8, 4) is 0 Å². The predicted molar refractivity (Wildman–Crippen MR) is 108 cm³/mol. The quantitative estimate of drug-likeness (QED) is 0.678. The van der Waals surface area contributed by atoms with Gasteiger partial charge in [-0.1, -0.05) is 42.5 Å². The molecule has 140 valence electrons. The summed E-state index contributed by atoms with van der Waals surface area (Å²) in [6.07, 6.45) is -0.350. The van der Waals surface area contributed by atoms with Crippen LogP contribution in [0.4, 0.5) is 11.4 Å². The molecule has 1 amide bonds. The van der Waals surface area contributed by atoms with Crippen molar-refractivity contribution in [2.75, 3.05) is 16.8 Å². The molecule has 28 heavy (non-hydrogen) atoms. The minimum absolute atomic E-state index is 0.0907. The van der Waals surface area contributed by atoms with E-state index >= 15 is 0 Å². The summed E-state index contributed by atoms with van der Waals surface area (Å²) in [5, 5.41) is 3.46. The van der Waals surface area contributed by atoms with Gasteiger partial charge in [-0.25, -0.2) is 4.79 Å². The molecule has 1 aliphatic heterocycles. The van der Waals surface area contributed by atoms with Crippen LogP contribution in [0.2, 0.25) is 0 Å². The maximum Gasteiger partial charge on any atom is 0.338 e. The standard InChI is InChI=1S/C23H20N2O3/c1-2-28-23(27)17-12-14-18(15-13-17)25-21(16-8-4-3-5-9-16)24-20-11-7-6-10-19(20)22(25)26/h3-15,21,24H,2H2,1H3/t21-/m0/s1. The number of benzene rings is 3. The number of anilines is 2. The van der Waals surface area contributed by atoms with Crippen LogP contribution in [0.3, 0.4) is 0 Å². The number of fused-ring (bicyclic) bond motifs is 1. The fourth-order valence-electron chi connectivity index (χ4n) is 3.36. The van der Waals surface area contributed by atoms with Gasteiger partial charge in [0.05, 0.1) is 17.7 Å². The van der Waals surface area contributed by atoms with E-state index in [0.29, 0.717) is 23.4 Å². The van der Waals surface area contributed by atoms with Gasteiger partial charge in [-0.2, -0.15) is 0 Å². The van der Waals surface area contributed by atoms with Crippen molar-refractivity contribution in [1.29, 1.82) is 0 Å². The summed E-state index contributed by atoms with van der Waals surface area (Å²) in [5.41, 5.74) is 3.55. The Morgan fingerprint density at radius 2 is 1.64 bits per heavy atom. The fourth-order valence-corrected chi connectivity index (χ4v) is 3.36. The molecule has 5 heteroatoms. The first kappa shape index (κ1) is 17.8. The monoisotopic (exact) mass is 372 g/mol. The molecular formula is C23H20N2O3. The number of amides is 1.